The van der Waals surface area contributed by atoms with Crippen LogP contribution in [0.2, 0.25) is 0 Å². The quantitative estimate of drug-likeness (QED) is 0.399. The molecular formula is C5H7ClO. The Balaban J connectivity index is 3.60. The molecule has 0 unspecified atom stereocenters. The van der Waals surface area contributed by atoms with Crippen LogP contribution in [0.15, 0.2) is 11.1 Å². The van der Waals surface area contributed by atoms with Crippen LogP contribution in [0.4, 0.5) is 0 Å². The van der Waals surface area contributed by atoms with Crippen LogP contribution in [0.5, 0.6) is 0 Å². The molecule has 0 aliphatic carbocycles. The molecular weight excluding hydrogens is 112 g/mol. The Hall–Kier alpha value is -0.300. The van der Waals surface area contributed by atoms with Gasteiger partial charge in [0.15, 0.2) is 0 Å². The summed E-state index contributed by atoms with van der Waals surface area (Å²) in [7, 11) is 0. The number of allylic oxidation sites excluding steroid dienone is 1. The zero-order valence-electron chi connectivity index (χ0n) is 4.15. The molecule has 0 spiro atoms. The van der Waals surface area contributed by atoms with Crippen molar-refractivity contribution in [1.82, 2.24) is 0 Å². The molecule has 0 radical (unpaired) electrons. The first kappa shape index (κ1) is 6.70. The normalized spacial score (nSPS) is 11.4. The molecule has 0 aromatic rings. The van der Waals surface area contributed by atoms with Crippen molar-refractivity contribution >= 4 is 17.9 Å². The molecule has 0 bridgehead atoms. The molecule has 0 aromatic carbocycles. The third-order valence-electron chi connectivity index (χ3n) is 0.700. The van der Waals surface area contributed by atoms with E-state index in [1.165, 1.54) is 5.54 Å². The second-order valence-electron chi connectivity index (χ2n) is 1.16. The summed E-state index contributed by atoms with van der Waals surface area (Å²) < 4.78 is 0. The van der Waals surface area contributed by atoms with Crippen molar-refractivity contribution in [3.8, 4) is 0 Å². The fourth-order valence-corrected chi connectivity index (χ4v) is 0.392. The van der Waals surface area contributed by atoms with Gasteiger partial charge >= 0.3 is 0 Å². The second kappa shape index (κ2) is 3.88. The number of hydrogen-bond donors (Lipinski definition) is 0. The van der Waals surface area contributed by atoms with Gasteiger partial charge in [-0.1, -0.05) is 18.5 Å². The Morgan fingerprint density at radius 1 is 1.86 bits per heavy atom. The van der Waals surface area contributed by atoms with Crippen LogP contribution >= 0.6 is 11.6 Å². The lowest BCUT2D eigenvalue weighted by Crippen LogP contribution is -1.76. The molecule has 0 N–H and O–H groups in total. The Morgan fingerprint density at radius 2 is 2.43 bits per heavy atom. The number of carbonyl (C=O) groups excluding carboxylic acids is 1. The molecule has 0 saturated heterocycles. The molecule has 0 aliphatic rings. The lowest BCUT2D eigenvalue weighted by molar-refractivity contribution is -0.105. The molecule has 0 saturated carbocycles. The molecule has 0 fully saturated rings. The van der Waals surface area contributed by atoms with Crippen LogP contribution in [0.1, 0.15) is 13.3 Å². The summed E-state index contributed by atoms with van der Waals surface area (Å²) in [5.41, 5.74) is 1.94. The van der Waals surface area contributed by atoms with E-state index in [-0.39, 0.29) is 0 Å². The predicted molar refractivity (Wildman–Crippen MR) is 30.3 cm³/mol. The standard InChI is InChI=1S/C5H7ClO/c1-2-5(3-6)4-7/h3-4H,2H2,1H3/b5-3-. The summed E-state index contributed by atoms with van der Waals surface area (Å²) >= 11 is 5.17. The fraction of sp³-hybridized carbons (Fsp3) is 0.400. The van der Waals surface area contributed by atoms with Crippen molar-refractivity contribution in [2.45, 2.75) is 13.3 Å². The first-order valence-electron chi connectivity index (χ1n) is 2.09. The summed E-state index contributed by atoms with van der Waals surface area (Å²) in [6.45, 7) is 1.88. The van der Waals surface area contributed by atoms with E-state index in [4.69, 9.17) is 11.6 Å². The highest BCUT2D eigenvalue weighted by molar-refractivity contribution is 6.26. The van der Waals surface area contributed by atoms with Crippen molar-refractivity contribution < 1.29 is 4.79 Å². The maximum absolute atomic E-state index is 9.81. The van der Waals surface area contributed by atoms with E-state index < -0.39 is 0 Å². The largest absolute Gasteiger partial charge is 0.298 e. The van der Waals surface area contributed by atoms with E-state index >= 15 is 0 Å². The van der Waals surface area contributed by atoms with E-state index in [9.17, 15) is 4.79 Å². The number of carbonyl (C=O) groups is 1. The lowest BCUT2D eigenvalue weighted by Gasteiger charge is -1.82. The van der Waals surface area contributed by atoms with Crippen LogP contribution in [-0.4, -0.2) is 6.29 Å². The van der Waals surface area contributed by atoms with E-state index in [0.717, 1.165) is 6.29 Å². The average molecular weight is 119 g/mol. The minimum absolute atomic E-state index is 0.640. The van der Waals surface area contributed by atoms with Gasteiger partial charge in [-0.25, -0.2) is 0 Å². The van der Waals surface area contributed by atoms with Gasteiger partial charge in [-0.05, 0) is 6.42 Å². The molecule has 2 heteroatoms. The molecule has 0 aliphatic heterocycles. The van der Waals surface area contributed by atoms with Gasteiger partial charge in [-0.3, -0.25) is 4.79 Å². The summed E-state index contributed by atoms with van der Waals surface area (Å²) in [5.74, 6) is 0. The van der Waals surface area contributed by atoms with E-state index in [2.05, 4.69) is 0 Å². The highest BCUT2D eigenvalue weighted by Crippen LogP contribution is 1.95. The zero-order valence-corrected chi connectivity index (χ0v) is 4.90. The Morgan fingerprint density at radius 3 is 2.43 bits per heavy atom. The molecule has 0 heterocycles. The predicted octanol–water partition coefficient (Wildman–Crippen LogP) is 1.72. The zero-order chi connectivity index (χ0) is 5.70. The molecule has 40 valence electrons. The van der Waals surface area contributed by atoms with E-state index in [1.54, 1.807) is 0 Å². The summed E-state index contributed by atoms with van der Waals surface area (Å²) in [5, 5.41) is 0. The van der Waals surface area contributed by atoms with E-state index in [1.807, 2.05) is 6.92 Å². The fourth-order valence-electron chi connectivity index (χ4n) is 0.186. The van der Waals surface area contributed by atoms with Gasteiger partial charge in [0.1, 0.15) is 6.29 Å². The number of rotatable bonds is 2. The number of aldehydes is 1. The molecule has 7 heavy (non-hydrogen) atoms. The Bertz CT molecular complexity index is 86.1. The Kier molecular flexibility index (Phi) is 3.71. The van der Waals surface area contributed by atoms with Crippen molar-refractivity contribution in [2.75, 3.05) is 0 Å². The van der Waals surface area contributed by atoms with Gasteiger partial charge in [0.25, 0.3) is 0 Å². The summed E-state index contributed by atoms with van der Waals surface area (Å²) in [4.78, 5) is 9.81. The van der Waals surface area contributed by atoms with Crippen molar-refractivity contribution in [3.05, 3.63) is 11.1 Å². The van der Waals surface area contributed by atoms with Crippen LogP contribution in [0.3, 0.4) is 0 Å². The topological polar surface area (TPSA) is 17.1 Å². The van der Waals surface area contributed by atoms with Crippen molar-refractivity contribution in [1.29, 1.82) is 0 Å². The molecule has 0 aromatic heterocycles. The maximum Gasteiger partial charge on any atom is 0.146 e. The van der Waals surface area contributed by atoms with Gasteiger partial charge in [-0.15, -0.1) is 0 Å². The SMILES string of the molecule is CC/C(C=O)=C/Cl. The van der Waals surface area contributed by atoms with Gasteiger partial charge in [0.2, 0.25) is 0 Å². The highest BCUT2D eigenvalue weighted by atomic mass is 35.5. The first-order chi connectivity index (χ1) is 3.35. The van der Waals surface area contributed by atoms with Crippen LogP contribution in [-0.2, 0) is 4.79 Å². The Labute approximate surface area is 48.0 Å². The van der Waals surface area contributed by atoms with Gasteiger partial charge in [-0.2, -0.15) is 0 Å². The number of hydrogen-bond acceptors (Lipinski definition) is 1. The lowest BCUT2D eigenvalue weighted by atomic mass is 10.3. The van der Waals surface area contributed by atoms with Crippen LogP contribution in [0.25, 0.3) is 0 Å². The number of halogens is 1. The van der Waals surface area contributed by atoms with Crippen molar-refractivity contribution in [2.24, 2.45) is 0 Å². The molecule has 0 rings (SSSR count). The molecule has 0 atom stereocenters. The van der Waals surface area contributed by atoms with Gasteiger partial charge < -0.3 is 0 Å². The summed E-state index contributed by atoms with van der Waals surface area (Å²) in [6, 6.07) is 0. The first-order valence-corrected chi connectivity index (χ1v) is 2.53. The average Bonchev–Trinajstić information content (AvgIpc) is 1.72. The summed E-state index contributed by atoms with van der Waals surface area (Å²) in [6.07, 6.45) is 1.47. The molecule has 1 nitrogen and oxygen atoms in total. The smallest absolute Gasteiger partial charge is 0.146 e. The van der Waals surface area contributed by atoms with Crippen molar-refractivity contribution in [3.63, 3.8) is 0 Å². The van der Waals surface area contributed by atoms with Gasteiger partial charge in [0, 0.05) is 11.1 Å². The van der Waals surface area contributed by atoms with Gasteiger partial charge in [0.05, 0.1) is 0 Å². The van der Waals surface area contributed by atoms with Crippen LogP contribution in [0, 0.1) is 0 Å². The minimum Gasteiger partial charge on any atom is -0.298 e. The highest BCUT2D eigenvalue weighted by Gasteiger charge is 1.83. The minimum atomic E-state index is 0.640. The molecule has 0 amide bonds. The maximum atomic E-state index is 9.81. The van der Waals surface area contributed by atoms with E-state index in [0.29, 0.717) is 12.0 Å². The monoisotopic (exact) mass is 118 g/mol. The van der Waals surface area contributed by atoms with Crippen LogP contribution < -0.4 is 0 Å². The third-order valence-corrected chi connectivity index (χ3v) is 0.980. The second-order valence-corrected chi connectivity index (χ2v) is 1.37. The third kappa shape index (κ3) is 2.40.